The molecule has 0 bridgehead atoms. The monoisotopic (exact) mass is 265 g/mol. The molecular formula is C13H19N3O3. The van der Waals surface area contributed by atoms with Gasteiger partial charge in [0.15, 0.2) is 0 Å². The van der Waals surface area contributed by atoms with E-state index in [0.29, 0.717) is 25.1 Å². The number of nitro groups is 1. The van der Waals surface area contributed by atoms with Gasteiger partial charge in [-0.25, -0.2) is 0 Å². The standard InChI is InChI=1S/C13H19N3O3/c1-2-8-15-13(17)10-14-9-7-11-5-3-4-6-12(11)16(18)19/h3-6,14H,2,7-10H2,1H3,(H,15,17). The summed E-state index contributed by atoms with van der Waals surface area (Å²) in [6.45, 7) is 3.43. The molecule has 0 radical (unpaired) electrons. The van der Waals surface area contributed by atoms with Gasteiger partial charge in [0, 0.05) is 18.2 Å². The van der Waals surface area contributed by atoms with Gasteiger partial charge in [-0.2, -0.15) is 0 Å². The third-order valence-corrected chi connectivity index (χ3v) is 2.62. The Morgan fingerprint density at radius 1 is 1.32 bits per heavy atom. The normalized spacial score (nSPS) is 10.2. The van der Waals surface area contributed by atoms with Crippen LogP contribution in [0, 0.1) is 10.1 Å². The van der Waals surface area contributed by atoms with Crippen LogP contribution < -0.4 is 10.6 Å². The van der Waals surface area contributed by atoms with Crippen molar-refractivity contribution < 1.29 is 9.72 Å². The zero-order valence-electron chi connectivity index (χ0n) is 11.0. The molecule has 19 heavy (non-hydrogen) atoms. The maximum atomic E-state index is 11.3. The van der Waals surface area contributed by atoms with Gasteiger partial charge in [-0.05, 0) is 19.4 Å². The summed E-state index contributed by atoms with van der Waals surface area (Å²) in [4.78, 5) is 21.7. The van der Waals surface area contributed by atoms with Crippen LogP contribution in [0.5, 0.6) is 0 Å². The fraction of sp³-hybridized carbons (Fsp3) is 0.462. The second-order valence-corrected chi connectivity index (χ2v) is 4.16. The van der Waals surface area contributed by atoms with E-state index in [9.17, 15) is 14.9 Å². The highest BCUT2D eigenvalue weighted by atomic mass is 16.6. The van der Waals surface area contributed by atoms with Crippen molar-refractivity contribution >= 4 is 11.6 Å². The Kier molecular flexibility index (Phi) is 6.52. The molecule has 0 aliphatic heterocycles. The van der Waals surface area contributed by atoms with Crippen LogP contribution >= 0.6 is 0 Å². The first kappa shape index (κ1) is 15.1. The zero-order valence-corrected chi connectivity index (χ0v) is 11.0. The van der Waals surface area contributed by atoms with Gasteiger partial charge in [-0.15, -0.1) is 0 Å². The third-order valence-electron chi connectivity index (χ3n) is 2.62. The van der Waals surface area contributed by atoms with E-state index in [1.54, 1.807) is 18.2 Å². The summed E-state index contributed by atoms with van der Waals surface area (Å²) < 4.78 is 0. The van der Waals surface area contributed by atoms with Crippen LogP contribution in [0.15, 0.2) is 24.3 Å². The molecule has 0 aliphatic carbocycles. The van der Waals surface area contributed by atoms with E-state index in [-0.39, 0.29) is 23.1 Å². The lowest BCUT2D eigenvalue weighted by atomic mass is 10.1. The summed E-state index contributed by atoms with van der Waals surface area (Å²) in [7, 11) is 0. The summed E-state index contributed by atoms with van der Waals surface area (Å²) in [5.74, 6) is -0.0515. The predicted molar refractivity (Wildman–Crippen MR) is 73.0 cm³/mol. The summed E-state index contributed by atoms with van der Waals surface area (Å²) >= 11 is 0. The van der Waals surface area contributed by atoms with Gasteiger partial charge in [0.05, 0.1) is 11.5 Å². The average molecular weight is 265 g/mol. The van der Waals surface area contributed by atoms with Crippen molar-refractivity contribution in [3.8, 4) is 0 Å². The molecule has 0 heterocycles. The lowest BCUT2D eigenvalue weighted by Crippen LogP contribution is -2.35. The first-order valence-corrected chi connectivity index (χ1v) is 6.35. The van der Waals surface area contributed by atoms with E-state index < -0.39 is 0 Å². The molecule has 1 aromatic rings. The molecule has 0 spiro atoms. The molecule has 104 valence electrons. The van der Waals surface area contributed by atoms with Gasteiger partial charge >= 0.3 is 0 Å². The Hall–Kier alpha value is -1.95. The van der Waals surface area contributed by atoms with Crippen molar-refractivity contribution in [1.29, 1.82) is 0 Å². The smallest absolute Gasteiger partial charge is 0.272 e. The first-order chi connectivity index (χ1) is 9.15. The average Bonchev–Trinajstić information content (AvgIpc) is 2.41. The number of para-hydroxylation sites is 1. The van der Waals surface area contributed by atoms with Gasteiger partial charge in [0.1, 0.15) is 0 Å². The first-order valence-electron chi connectivity index (χ1n) is 6.35. The Balaban J connectivity index is 2.33. The molecule has 0 atom stereocenters. The minimum atomic E-state index is -0.386. The fourth-order valence-electron chi connectivity index (χ4n) is 1.65. The summed E-state index contributed by atoms with van der Waals surface area (Å²) in [5.41, 5.74) is 0.800. The molecular weight excluding hydrogens is 246 g/mol. The lowest BCUT2D eigenvalue weighted by Gasteiger charge is -2.06. The van der Waals surface area contributed by atoms with Crippen LogP contribution in [0.25, 0.3) is 0 Å². The molecule has 1 aromatic carbocycles. The Morgan fingerprint density at radius 2 is 2.05 bits per heavy atom. The van der Waals surface area contributed by atoms with E-state index in [4.69, 9.17) is 0 Å². The van der Waals surface area contributed by atoms with Crippen molar-refractivity contribution in [3.63, 3.8) is 0 Å². The van der Waals surface area contributed by atoms with Crippen LogP contribution in [0.1, 0.15) is 18.9 Å². The second kappa shape index (κ2) is 8.20. The molecule has 1 rings (SSSR count). The minimum Gasteiger partial charge on any atom is -0.355 e. The molecule has 6 heteroatoms. The number of rotatable bonds is 8. The molecule has 0 unspecified atom stereocenters. The van der Waals surface area contributed by atoms with Crippen LogP contribution in [-0.2, 0) is 11.2 Å². The number of nitro benzene ring substituents is 1. The highest BCUT2D eigenvalue weighted by Crippen LogP contribution is 2.17. The molecule has 0 aliphatic rings. The molecule has 0 saturated carbocycles. The largest absolute Gasteiger partial charge is 0.355 e. The quantitative estimate of drug-likeness (QED) is 0.421. The van der Waals surface area contributed by atoms with Crippen LogP contribution in [0.2, 0.25) is 0 Å². The maximum absolute atomic E-state index is 11.3. The maximum Gasteiger partial charge on any atom is 0.272 e. The van der Waals surface area contributed by atoms with Crippen molar-refractivity contribution in [3.05, 3.63) is 39.9 Å². The van der Waals surface area contributed by atoms with Crippen LogP contribution in [0.3, 0.4) is 0 Å². The van der Waals surface area contributed by atoms with E-state index in [2.05, 4.69) is 10.6 Å². The number of amides is 1. The molecule has 0 saturated heterocycles. The minimum absolute atomic E-state index is 0.0515. The Bertz CT molecular complexity index is 435. The zero-order chi connectivity index (χ0) is 14.1. The van der Waals surface area contributed by atoms with E-state index in [0.717, 1.165) is 6.42 Å². The molecule has 6 nitrogen and oxygen atoms in total. The SMILES string of the molecule is CCCNC(=O)CNCCc1ccccc1[N+](=O)[O-]. The van der Waals surface area contributed by atoms with E-state index in [1.807, 2.05) is 6.92 Å². The predicted octanol–water partition coefficient (Wildman–Crippen LogP) is 1.25. The number of nitrogens with zero attached hydrogens (tertiary/aromatic N) is 1. The highest BCUT2D eigenvalue weighted by Gasteiger charge is 2.11. The number of carbonyl (C=O) groups is 1. The van der Waals surface area contributed by atoms with Crippen LogP contribution in [-0.4, -0.2) is 30.5 Å². The molecule has 2 N–H and O–H groups in total. The summed E-state index contributed by atoms with van der Waals surface area (Å²) in [5, 5.41) is 16.5. The number of nitrogens with one attached hydrogen (secondary N) is 2. The number of hydrogen-bond acceptors (Lipinski definition) is 4. The second-order valence-electron chi connectivity index (χ2n) is 4.16. The van der Waals surface area contributed by atoms with Gasteiger partial charge in [-0.1, -0.05) is 25.1 Å². The van der Waals surface area contributed by atoms with Crippen molar-refractivity contribution in [1.82, 2.24) is 10.6 Å². The van der Waals surface area contributed by atoms with Crippen molar-refractivity contribution in [2.45, 2.75) is 19.8 Å². The van der Waals surface area contributed by atoms with Gasteiger partial charge in [0.2, 0.25) is 5.91 Å². The number of hydrogen-bond donors (Lipinski definition) is 2. The number of carbonyl (C=O) groups excluding carboxylic acids is 1. The molecule has 1 amide bonds. The molecule has 0 fully saturated rings. The van der Waals surface area contributed by atoms with E-state index >= 15 is 0 Å². The molecule has 0 aromatic heterocycles. The van der Waals surface area contributed by atoms with Crippen molar-refractivity contribution in [2.75, 3.05) is 19.6 Å². The Morgan fingerprint density at radius 3 is 2.74 bits per heavy atom. The Labute approximate surface area is 112 Å². The topological polar surface area (TPSA) is 84.3 Å². The van der Waals surface area contributed by atoms with E-state index in [1.165, 1.54) is 6.07 Å². The van der Waals surface area contributed by atoms with Gasteiger partial charge < -0.3 is 10.6 Å². The highest BCUT2D eigenvalue weighted by molar-refractivity contribution is 5.77. The van der Waals surface area contributed by atoms with Crippen molar-refractivity contribution in [2.24, 2.45) is 0 Å². The lowest BCUT2D eigenvalue weighted by molar-refractivity contribution is -0.385. The fourth-order valence-corrected chi connectivity index (χ4v) is 1.65. The number of benzene rings is 1. The third kappa shape index (κ3) is 5.48. The van der Waals surface area contributed by atoms with Crippen LogP contribution in [0.4, 0.5) is 5.69 Å². The summed E-state index contributed by atoms with van der Waals surface area (Å²) in [6.07, 6.45) is 1.43. The van der Waals surface area contributed by atoms with Gasteiger partial charge in [0.25, 0.3) is 5.69 Å². The van der Waals surface area contributed by atoms with Gasteiger partial charge in [-0.3, -0.25) is 14.9 Å². The summed E-state index contributed by atoms with van der Waals surface area (Å²) in [6, 6.07) is 6.64.